The van der Waals surface area contributed by atoms with E-state index in [0.717, 1.165) is 17.7 Å². The first-order chi connectivity index (χ1) is 13.0. The third-order valence-electron chi connectivity index (χ3n) is 4.60. The highest BCUT2D eigenvalue weighted by Gasteiger charge is 2.26. The van der Waals surface area contributed by atoms with Gasteiger partial charge in [-0.25, -0.2) is 0 Å². The molecule has 5 nitrogen and oxygen atoms in total. The summed E-state index contributed by atoms with van der Waals surface area (Å²) < 4.78 is 34.2. The lowest BCUT2D eigenvalue weighted by atomic mass is 10.1. The molecule has 2 aromatic rings. The molecule has 1 amide bonds. The van der Waals surface area contributed by atoms with Crippen LogP contribution in [0.25, 0.3) is 0 Å². The number of halogens is 2. The Morgan fingerprint density at radius 2 is 2.04 bits per heavy atom. The van der Waals surface area contributed by atoms with Crippen LogP contribution in [0.15, 0.2) is 42.5 Å². The molecule has 0 aliphatic carbocycles. The smallest absolute Gasteiger partial charge is 0.387 e. The fourth-order valence-electron chi connectivity index (χ4n) is 3.30. The minimum Gasteiger partial charge on any atom is -0.493 e. The quantitative estimate of drug-likeness (QED) is 0.805. The van der Waals surface area contributed by atoms with E-state index in [9.17, 15) is 13.6 Å². The Morgan fingerprint density at radius 3 is 2.78 bits per heavy atom. The van der Waals surface area contributed by atoms with Crippen LogP contribution in [-0.4, -0.2) is 32.2 Å². The van der Waals surface area contributed by atoms with E-state index in [1.807, 2.05) is 18.2 Å². The molecule has 1 heterocycles. The van der Waals surface area contributed by atoms with Crippen molar-refractivity contribution < 1.29 is 23.0 Å². The maximum Gasteiger partial charge on any atom is 0.387 e. The van der Waals surface area contributed by atoms with Crippen LogP contribution < -0.4 is 19.7 Å². The fraction of sp³-hybridized carbons (Fsp3) is 0.350. The van der Waals surface area contributed by atoms with Crippen LogP contribution in [0.3, 0.4) is 0 Å². The summed E-state index contributed by atoms with van der Waals surface area (Å²) >= 11 is 0. The number of carbonyl (C=O) groups excluding carboxylic acids is 1. The largest absolute Gasteiger partial charge is 0.493 e. The van der Waals surface area contributed by atoms with Gasteiger partial charge in [-0.15, -0.1) is 0 Å². The summed E-state index contributed by atoms with van der Waals surface area (Å²) in [5.74, 6) is 0.0552. The molecule has 27 heavy (non-hydrogen) atoms. The summed E-state index contributed by atoms with van der Waals surface area (Å²) in [5.41, 5.74) is 3.07. The van der Waals surface area contributed by atoms with Crippen LogP contribution in [0.2, 0.25) is 0 Å². The minimum atomic E-state index is -2.92. The number of hydrogen-bond donors (Lipinski definition) is 1. The Morgan fingerprint density at radius 1 is 1.26 bits per heavy atom. The van der Waals surface area contributed by atoms with Crippen molar-refractivity contribution >= 4 is 11.6 Å². The molecule has 0 aromatic heterocycles. The molecule has 0 bridgehead atoms. The zero-order valence-corrected chi connectivity index (χ0v) is 15.2. The average Bonchev–Trinajstić information content (AvgIpc) is 2.96. The number of ether oxygens (including phenoxy) is 2. The summed E-state index contributed by atoms with van der Waals surface area (Å²) in [7, 11) is 1.38. The van der Waals surface area contributed by atoms with Gasteiger partial charge in [-0.05, 0) is 42.7 Å². The van der Waals surface area contributed by atoms with Gasteiger partial charge >= 0.3 is 6.61 Å². The molecule has 0 spiro atoms. The standard InChI is InChI=1S/C20H22F2N2O3/c1-13-9-15-5-3-4-6-16(15)24(13)12-19(25)23-11-14-7-8-17(27-20(21)22)18(10-14)26-2/h3-8,10,13,20H,9,11-12H2,1-2H3,(H,23,25)/t13-/m1/s1. The van der Waals surface area contributed by atoms with Gasteiger partial charge in [0.25, 0.3) is 0 Å². The predicted molar refractivity (Wildman–Crippen MR) is 98.4 cm³/mol. The normalized spacial score (nSPS) is 15.6. The van der Waals surface area contributed by atoms with E-state index in [0.29, 0.717) is 0 Å². The van der Waals surface area contributed by atoms with E-state index < -0.39 is 6.61 Å². The average molecular weight is 376 g/mol. The molecule has 0 unspecified atom stereocenters. The van der Waals surface area contributed by atoms with Crippen LogP contribution in [0.4, 0.5) is 14.5 Å². The van der Waals surface area contributed by atoms with Gasteiger partial charge in [0.2, 0.25) is 5.91 Å². The van der Waals surface area contributed by atoms with Gasteiger partial charge in [0.05, 0.1) is 13.7 Å². The number of fused-ring (bicyclic) bond motifs is 1. The number of hydrogen-bond acceptors (Lipinski definition) is 4. The first-order valence-electron chi connectivity index (χ1n) is 8.71. The summed E-state index contributed by atoms with van der Waals surface area (Å²) in [5, 5.41) is 2.86. The summed E-state index contributed by atoms with van der Waals surface area (Å²) in [6, 6.07) is 12.9. The third kappa shape index (κ3) is 4.48. The van der Waals surface area contributed by atoms with Crippen LogP contribution in [0.1, 0.15) is 18.1 Å². The number of anilines is 1. The molecule has 7 heteroatoms. The molecule has 144 valence electrons. The van der Waals surface area contributed by atoms with Crippen molar-refractivity contribution in [2.24, 2.45) is 0 Å². The van der Waals surface area contributed by atoms with Gasteiger partial charge in [0.1, 0.15) is 0 Å². The first-order valence-corrected chi connectivity index (χ1v) is 8.71. The van der Waals surface area contributed by atoms with Crippen LogP contribution in [-0.2, 0) is 17.8 Å². The van der Waals surface area contributed by atoms with Gasteiger partial charge < -0.3 is 19.7 Å². The number of methoxy groups -OCH3 is 1. The summed E-state index contributed by atoms with van der Waals surface area (Å²) in [6.07, 6.45) is 0.923. The molecule has 0 radical (unpaired) electrons. The number of alkyl halides is 2. The number of para-hydroxylation sites is 1. The lowest BCUT2D eigenvalue weighted by molar-refractivity contribution is -0.120. The van der Waals surface area contributed by atoms with Crippen molar-refractivity contribution in [3.05, 3.63) is 53.6 Å². The Hall–Kier alpha value is -2.83. The van der Waals surface area contributed by atoms with Gasteiger partial charge in [0, 0.05) is 18.3 Å². The second-order valence-electron chi connectivity index (χ2n) is 6.45. The van der Waals surface area contributed by atoms with E-state index in [4.69, 9.17) is 4.74 Å². The monoisotopic (exact) mass is 376 g/mol. The van der Waals surface area contributed by atoms with Crippen LogP contribution in [0, 0.1) is 0 Å². The Bertz CT molecular complexity index is 814. The maximum absolute atomic E-state index is 12.4. The van der Waals surface area contributed by atoms with Crippen molar-refractivity contribution in [1.82, 2.24) is 5.32 Å². The topological polar surface area (TPSA) is 50.8 Å². The number of amides is 1. The van der Waals surface area contributed by atoms with E-state index in [-0.39, 0.29) is 36.5 Å². The number of nitrogens with one attached hydrogen (secondary N) is 1. The second-order valence-corrected chi connectivity index (χ2v) is 6.45. The van der Waals surface area contributed by atoms with Crippen molar-refractivity contribution in [2.75, 3.05) is 18.6 Å². The molecule has 0 saturated carbocycles. The molecule has 1 aliphatic heterocycles. The summed E-state index contributed by atoms with van der Waals surface area (Å²) in [6.45, 7) is -0.287. The Kier molecular flexibility index (Phi) is 5.78. The lowest BCUT2D eigenvalue weighted by Gasteiger charge is -2.24. The highest BCUT2D eigenvalue weighted by Crippen LogP contribution is 2.31. The second kappa shape index (κ2) is 8.24. The van der Waals surface area contributed by atoms with Crippen molar-refractivity contribution in [1.29, 1.82) is 0 Å². The van der Waals surface area contributed by atoms with E-state index >= 15 is 0 Å². The number of rotatable bonds is 7. The summed E-state index contributed by atoms with van der Waals surface area (Å²) in [4.78, 5) is 14.5. The number of carbonyl (C=O) groups is 1. The van der Waals surface area contributed by atoms with Crippen molar-refractivity contribution in [2.45, 2.75) is 32.5 Å². The fourth-order valence-corrected chi connectivity index (χ4v) is 3.30. The first kappa shape index (κ1) is 18.9. The zero-order valence-electron chi connectivity index (χ0n) is 15.2. The van der Waals surface area contributed by atoms with Gasteiger partial charge in [-0.2, -0.15) is 8.78 Å². The Balaban J connectivity index is 1.59. The van der Waals surface area contributed by atoms with Crippen LogP contribution >= 0.6 is 0 Å². The molecule has 2 aromatic carbocycles. The van der Waals surface area contributed by atoms with Crippen molar-refractivity contribution in [3.63, 3.8) is 0 Å². The van der Waals surface area contributed by atoms with E-state index in [1.54, 1.807) is 12.1 Å². The highest BCUT2D eigenvalue weighted by atomic mass is 19.3. The van der Waals surface area contributed by atoms with Crippen LogP contribution in [0.5, 0.6) is 11.5 Å². The predicted octanol–water partition coefficient (Wildman–Crippen LogP) is 3.36. The molecule has 0 fully saturated rings. The molecule has 1 N–H and O–H groups in total. The maximum atomic E-state index is 12.4. The lowest BCUT2D eigenvalue weighted by Crippen LogP contribution is -2.39. The molecule has 0 saturated heterocycles. The van der Waals surface area contributed by atoms with Crippen molar-refractivity contribution in [3.8, 4) is 11.5 Å². The number of nitrogens with zero attached hydrogens (tertiary/aromatic N) is 1. The third-order valence-corrected chi connectivity index (χ3v) is 4.60. The molecular weight excluding hydrogens is 354 g/mol. The SMILES string of the molecule is COc1cc(CNC(=O)CN2c3ccccc3C[C@H]2C)ccc1OC(F)F. The minimum absolute atomic E-state index is 0.0370. The molecule has 3 rings (SSSR count). The van der Waals surface area contributed by atoms with Gasteiger partial charge in [-0.1, -0.05) is 24.3 Å². The van der Waals surface area contributed by atoms with E-state index in [1.165, 1.54) is 18.7 Å². The molecule has 1 aliphatic rings. The van der Waals surface area contributed by atoms with Gasteiger partial charge in [-0.3, -0.25) is 4.79 Å². The van der Waals surface area contributed by atoms with E-state index in [2.05, 4.69) is 27.9 Å². The van der Waals surface area contributed by atoms with Gasteiger partial charge in [0.15, 0.2) is 11.5 Å². The Labute approximate surface area is 156 Å². The zero-order chi connectivity index (χ0) is 19.4. The molecular formula is C20H22F2N2O3. The number of benzene rings is 2. The highest BCUT2D eigenvalue weighted by molar-refractivity contribution is 5.82. The molecule has 1 atom stereocenters.